The maximum atomic E-state index is 5.00. The standard InChI is InChI=1S/C16H21N/c1-16(2)11-8-13(16)12-7-10-5-3-4-6-14(10)17-15(12)9-11/h7,11,13H,3-6,8-9H2,1-2H3/t11-,13+/m1/s1. The van der Waals surface area contributed by atoms with Crippen LogP contribution in [0.15, 0.2) is 6.07 Å². The molecule has 1 heterocycles. The molecule has 1 fully saturated rings. The van der Waals surface area contributed by atoms with Crippen molar-refractivity contribution in [1.29, 1.82) is 0 Å². The predicted molar refractivity (Wildman–Crippen MR) is 69.2 cm³/mol. The maximum absolute atomic E-state index is 5.00. The molecular weight excluding hydrogens is 206 g/mol. The molecule has 0 N–H and O–H groups in total. The number of fused-ring (bicyclic) bond motifs is 1. The van der Waals surface area contributed by atoms with Crippen LogP contribution >= 0.6 is 0 Å². The fourth-order valence-corrected chi connectivity index (χ4v) is 4.28. The van der Waals surface area contributed by atoms with Gasteiger partial charge in [-0.2, -0.15) is 0 Å². The van der Waals surface area contributed by atoms with Crippen molar-refractivity contribution in [2.75, 3.05) is 0 Å². The second-order valence-corrected chi connectivity index (χ2v) is 6.85. The van der Waals surface area contributed by atoms with E-state index in [1.165, 1.54) is 49.9 Å². The number of aromatic nitrogens is 1. The molecule has 0 spiro atoms. The van der Waals surface area contributed by atoms with Crippen molar-refractivity contribution < 1.29 is 0 Å². The van der Waals surface area contributed by atoms with Crippen LogP contribution in [0.3, 0.4) is 0 Å². The Bertz CT molecular complexity index is 487. The monoisotopic (exact) mass is 227 g/mol. The molecule has 90 valence electrons. The summed E-state index contributed by atoms with van der Waals surface area (Å²) in [5, 5.41) is 0. The smallest absolute Gasteiger partial charge is 0.0445 e. The Kier molecular flexibility index (Phi) is 1.86. The zero-order valence-corrected chi connectivity index (χ0v) is 10.9. The highest BCUT2D eigenvalue weighted by Gasteiger charge is 2.52. The molecule has 0 aliphatic heterocycles. The van der Waals surface area contributed by atoms with E-state index in [4.69, 9.17) is 4.98 Å². The second kappa shape index (κ2) is 3.13. The molecule has 5 rings (SSSR count). The molecule has 0 unspecified atom stereocenters. The molecule has 4 aliphatic rings. The van der Waals surface area contributed by atoms with Crippen molar-refractivity contribution in [1.82, 2.24) is 4.98 Å². The Morgan fingerprint density at radius 1 is 1.18 bits per heavy atom. The Morgan fingerprint density at radius 3 is 2.82 bits per heavy atom. The molecule has 4 aliphatic carbocycles. The molecule has 1 nitrogen and oxygen atoms in total. The number of nitrogens with zero attached hydrogens (tertiary/aromatic N) is 1. The molecule has 0 saturated heterocycles. The summed E-state index contributed by atoms with van der Waals surface area (Å²) in [6.07, 6.45) is 7.86. The van der Waals surface area contributed by atoms with Gasteiger partial charge in [0.1, 0.15) is 0 Å². The Balaban J connectivity index is 1.84. The highest BCUT2D eigenvalue weighted by molar-refractivity contribution is 5.41. The van der Waals surface area contributed by atoms with Crippen LogP contribution in [-0.4, -0.2) is 4.98 Å². The lowest BCUT2D eigenvalue weighted by molar-refractivity contribution is 0.0167. The summed E-state index contributed by atoms with van der Waals surface area (Å²) < 4.78 is 0. The SMILES string of the molecule is CC1(C)[C@H]2Cc3nc4c(cc3[C@@H]1C2)CCCC4. The molecule has 2 atom stereocenters. The topological polar surface area (TPSA) is 12.9 Å². The van der Waals surface area contributed by atoms with Gasteiger partial charge in [0, 0.05) is 11.4 Å². The Morgan fingerprint density at radius 2 is 2.00 bits per heavy atom. The van der Waals surface area contributed by atoms with E-state index in [9.17, 15) is 0 Å². The van der Waals surface area contributed by atoms with E-state index in [0.717, 1.165) is 11.8 Å². The van der Waals surface area contributed by atoms with Crippen molar-refractivity contribution in [3.63, 3.8) is 0 Å². The summed E-state index contributed by atoms with van der Waals surface area (Å²) in [6, 6.07) is 2.53. The van der Waals surface area contributed by atoms with Gasteiger partial charge < -0.3 is 0 Å². The van der Waals surface area contributed by atoms with E-state index < -0.39 is 0 Å². The van der Waals surface area contributed by atoms with Gasteiger partial charge in [0.25, 0.3) is 0 Å². The fourth-order valence-electron chi connectivity index (χ4n) is 4.28. The molecule has 1 saturated carbocycles. The molecule has 2 bridgehead atoms. The second-order valence-electron chi connectivity index (χ2n) is 6.85. The molecule has 1 aromatic rings. The van der Waals surface area contributed by atoms with E-state index in [1.54, 1.807) is 11.1 Å². The minimum atomic E-state index is 0.539. The van der Waals surface area contributed by atoms with Crippen molar-refractivity contribution in [3.8, 4) is 0 Å². The third-order valence-corrected chi connectivity index (χ3v) is 5.70. The fraction of sp³-hybridized carbons (Fsp3) is 0.688. The van der Waals surface area contributed by atoms with Gasteiger partial charge >= 0.3 is 0 Å². The van der Waals surface area contributed by atoms with Crippen LogP contribution < -0.4 is 0 Å². The highest BCUT2D eigenvalue weighted by Crippen LogP contribution is 2.62. The molecule has 1 heteroatoms. The van der Waals surface area contributed by atoms with Gasteiger partial charge in [0.05, 0.1) is 0 Å². The van der Waals surface area contributed by atoms with Crippen molar-refractivity contribution in [3.05, 3.63) is 28.6 Å². The summed E-state index contributed by atoms with van der Waals surface area (Å²) in [6.45, 7) is 4.91. The first kappa shape index (κ1) is 10.1. The van der Waals surface area contributed by atoms with E-state index in [2.05, 4.69) is 19.9 Å². The zero-order chi connectivity index (χ0) is 11.6. The van der Waals surface area contributed by atoms with Crippen LogP contribution in [0.5, 0.6) is 0 Å². The van der Waals surface area contributed by atoms with Crippen molar-refractivity contribution in [2.24, 2.45) is 11.3 Å². The van der Waals surface area contributed by atoms with E-state index in [0.29, 0.717) is 5.41 Å². The van der Waals surface area contributed by atoms with Gasteiger partial charge in [-0.15, -0.1) is 0 Å². The number of pyridine rings is 1. The first-order chi connectivity index (χ1) is 8.16. The van der Waals surface area contributed by atoms with E-state index >= 15 is 0 Å². The minimum Gasteiger partial charge on any atom is -0.257 e. The molecular formula is C16H21N. The Hall–Kier alpha value is -0.850. The van der Waals surface area contributed by atoms with Crippen LogP contribution in [0.4, 0.5) is 0 Å². The summed E-state index contributed by atoms with van der Waals surface area (Å²) in [5.41, 5.74) is 6.59. The lowest BCUT2D eigenvalue weighted by Gasteiger charge is -2.57. The largest absolute Gasteiger partial charge is 0.257 e. The van der Waals surface area contributed by atoms with E-state index in [-0.39, 0.29) is 0 Å². The third kappa shape index (κ3) is 1.23. The lowest BCUT2D eigenvalue weighted by atomic mass is 9.48. The average molecular weight is 227 g/mol. The molecule has 0 aromatic carbocycles. The van der Waals surface area contributed by atoms with Crippen LogP contribution in [0.2, 0.25) is 0 Å². The molecule has 17 heavy (non-hydrogen) atoms. The number of hydrogen-bond donors (Lipinski definition) is 0. The lowest BCUT2D eigenvalue weighted by Crippen LogP contribution is -2.48. The van der Waals surface area contributed by atoms with Crippen LogP contribution in [0, 0.1) is 11.3 Å². The summed E-state index contributed by atoms with van der Waals surface area (Å²) in [7, 11) is 0. The number of hydrogen-bond acceptors (Lipinski definition) is 1. The summed E-state index contributed by atoms with van der Waals surface area (Å²) in [5.74, 6) is 1.70. The van der Waals surface area contributed by atoms with Crippen LogP contribution in [0.1, 0.15) is 61.5 Å². The van der Waals surface area contributed by atoms with Gasteiger partial charge in [-0.3, -0.25) is 4.98 Å². The van der Waals surface area contributed by atoms with Crippen molar-refractivity contribution >= 4 is 0 Å². The van der Waals surface area contributed by atoms with Crippen LogP contribution in [0.25, 0.3) is 0 Å². The number of aryl methyl sites for hydroxylation is 2. The van der Waals surface area contributed by atoms with Gasteiger partial charge in [-0.05, 0) is 66.9 Å². The van der Waals surface area contributed by atoms with Crippen molar-refractivity contribution in [2.45, 2.75) is 58.3 Å². The number of rotatable bonds is 0. The predicted octanol–water partition coefficient (Wildman–Crippen LogP) is 3.65. The first-order valence-electron chi connectivity index (χ1n) is 7.18. The summed E-state index contributed by atoms with van der Waals surface area (Å²) in [4.78, 5) is 5.00. The molecule has 0 amide bonds. The first-order valence-corrected chi connectivity index (χ1v) is 7.18. The van der Waals surface area contributed by atoms with E-state index in [1.807, 2.05) is 0 Å². The third-order valence-electron chi connectivity index (χ3n) is 5.70. The Labute approximate surface area is 104 Å². The zero-order valence-electron chi connectivity index (χ0n) is 10.9. The van der Waals surface area contributed by atoms with Gasteiger partial charge in [0.15, 0.2) is 0 Å². The van der Waals surface area contributed by atoms with Gasteiger partial charge in [0.2, 0.25) is 0 Å². The minimum absolute atomic E-state index is 0.539. The summed E-state index contributed by atoms with van der Waals surface area (Å²) >= 11 is 0. The van der Waals surface area contributed by atoms with Crippen LogP contribution in [-0.2, 0) is 19.3 Å². The quantitative estimate of drug-likeness (QED) is 0.659. The molecule has 0 radical (unpaired) electrons. The molecule has 1 aromatic heterocycles. The average Bonchev–Trinajstić information content (AvgIpc) is 2.35. The maximum Gasteiger partial charge on any atom is 0.0445 e. The van der Waals surface area contributed by atoms with Gasteiger partial charge in [-0.25, -0.2) is 0 Å². The normalized spacial score (nSPS) is 32.4. The highest BCUT2D eigenvalue weighted by atomic mass is 14.8. The van der Waals surface area contributed by atoms with Gasteiger partial charge in [-0.1, -0.05) is 19.9 Å².